The van der Waals surface area contributed by atoms with Crippen molar-refractivity contribution in [2.75, 3.05) is 7.11 Å². The third-order valence-corrected chi connectivity index (χ3v) is 3.17. The molecule has 0 fully saturated rings. The maximum absolute atomic E-state index is 10.3. The van der Waals surface area contributed by atoms with Crippen LogP contribution in [0.4, 0.5) is 0 Å². The minimum atomic E-state index is -0.688. The van der Waals surface area contributed by atoms with Crippen LogP contribution in [0.15, 0.2) is 0 Å². The van der Waals surface area contributed by atoms with Gasteiger partial charge >= 0.3 is 62.4 Å². The standard InChI is InChI=1S/C4H7O2.ClH.Sn/c1-3-4(5)6-2;;/h1,3H2,2H3;1H;/q;;+1/p-1. The fourth-order valence-corrected chi connectivity index (χ4v) is 1.74. The summed E-state index contributed by atoms with van der Waals surface area (Å²) in [4.78, 5) is 10.3. The minimum absolute atomic E-state index is 0.147. The van der Waals surface area contributed by atoms with Crippen LogP contribution in [0.25, 0.3) is 0 Å². The number of rotatable bonds is 3. The van der Waals surface area contributed by atoms with Crippen LogP contribution in [-0.4, -0.2) is 33.1 Å². The van der Waals surface area contributed by atoms with Crippen molar-refractivity contribution in [3.05, 3.63) is 0 Å². The molecule has 0 aliphatic heterocycles. The summed E-state index contributed by atoms with van der Waals surface area (Å²) < 4.78 is 5.25. The molecule has 2 nitrogen and oxygen atoms in total. The van der Waals surface area contributed by atoms with E-state index in [4.69, 9.17) is 8.92 Å². The number of carbonyl (C=O) groups excluding carboxylic acids is 1. The molecular formula is C4H7ClO2Sn. The van der Waals surface area contributed by atoms with Crippen LogP contribution < -0.4 is 0 Å². The molecule has 8 heavy (non-hydrogen) atoms. The summed E-state index contributed by atoms with van der Waals surface area (Å²) in [7, 11) is 6.86. The van der Waals surface area contributed by atoms with E-state index in [2.05, 4.69) is 4.74 Å². The van der Waals surface area contributed by atoms with Gasteiger partial charge in [-0.25, -0.2) is 0 Å². The van der Waals surface area contributed by atoms with Crippen LogP contribution in [-0.2, 0) is 9.53 Å². The van der Waals surface area contributed by atoms with Gasteiger partial charge in [-0.1, -0.05) is 0 Å². The van der Waals surface area contributed by atoms with Crippen LogP contribution in [0.2, 0.25) is 4.44 Å². The Balaban J connectivity index is 2.99. The fourth-order valence-electron chi connectivity index (χ4n) is 0.251. The molecule has 0 aromatic carbocycles. The molecule has 0 saturated heterocycles. The zero-order valence-electron chi connectivity index (χ0n) is 4.61. The first-order chi connectivity index (χ1) is 3.81. The summed E-state index contributed by atoms with van der Waals surface area (Å²) in [6.45, 7) is 0. The van der Waals surface area contributed by atoms with Gasteiger partial charge in [0, 0.05) is 0 Å². The topological polar surface area (TPSA) is 26.3 Å². The molecule has 46 valence electrons. The molecule has 0 unspecified atom stereocenters. The quantitative estimate of drug-likeness (QED) is 0.540. The second kappa shape index (κ2) is 5.69. The Morgan fingerprint density at radius 2 is 2.50 bits per heavy atom. The monoisotopic (exact) mass is 242 g/mol. The Morgan fingerprint density at radius 1 is 1.88 bits per heavy atom. The molecule has 0 aliphatic rings. The zero-order valence-corrected chi connectivity index (χ0v) is 8.22. The van der Waals surface area contributed by atoms with E-state index >= 15 is 0 Å². The van der Waals surface area contributed by atoms with Crippen LogP contribution in [0, 0.1) is 0 Å². The van der Waals surface area contributed by atoms with Crippen LogP contribution >= 0.6 is 8.92 Å². The molecule has 0 aliphatic carbocycles. The van der Waals surface area contributed by atoms with E-state index in [0.29, 0.717) is 6.42 Å². The second-order valence-corrected chi connectivity index (χ2v) is 5.19. The molecule has 0 rings (SSSR count). The first-order valence-electron chi connectivity index (χ1n) is 2.21. The van der Waals surface area contributed by atoms with E-state index in [-0.39, 0.29) is 5.97 Å². The predicted molar refractivity (Wildman–Crippen MR) is 33.0 cm³/mol. The molecule has 0 spiro atoms. The number of esters is 1. The number of hydrogen-bond acceptors (Lipinski definition) is 2. The summed E-state index contributed by atoms with van der Waals surface area (Å²) in [5, 5.41) is 0. The molecule has 0 aromatic rings. The Kier molecular flexibility index (Phi) is 6.09. The van der Waals surface area contributed by atoms with Crippen molar-refractivity contribution in [1.29, 1.82) is 0 Å². The van der Waals surface area contributed by atoms with Crippen molar-refractivity contribution in [2.45, 2.75) is 10.9 Å². The van der Waals surface area contributed by atoms with E-state index in [1.54, 1.807) is 0 Å². The third-order valence-electron chi connectivity index (χ3n) is 0.651. The van der Waals surface area contributed by atoms with Crippen LogP contribution in [0.1, 0.15) is 6.42 Å². The molecule has 4 heteroatoms. The van der Waals surface area contributed by atoms with Gasteiger partial charge in [0.2, 0.25) is 0 Å². The SMILES string of the molecule is COC(=O)C[CH2][Sn][Cl]. The Labute approximate surface area is 62.5 Å². The van der Waals surface area contributed by atoms with Gasteiger partial charge < -0.3 is 0 Å². The number of methoxy groups -OCH3 is 1. The van der Waals surface area contributed by atoms with Crippen molar-refractivity contribution < 1.29 is 9.53 Å². The molecule has 0 amide bonds. The summed E-state index contributed by atoms with van der Waals surface area (Å²) >= 11 is -0.688. The normalized spacial score (nSPS) is 8.75. The average molecular weight is 241 g/mol. The van der Waals surface area contributed by atoms with E-state index in [1.165, 1.54) is 7.11 Å². The molecule has 0 aromatic heterocycles. The van der Waals surface area contributed by atoms with Gasteiger partial charge in [-0.05, 0) is 0 Å². The van der Waals surface area contributed by atoms with Gasteiger partial charge in [-0.15, -0.1) is 0 Å². The molecule has 0 atom stereocenters. The molecular weight excluding hydrogens is 234 g/mol. The van der Waals surface area contributed by atoms with E-state index < -0.39 is 20.0 Å². The van der Waals surface area contributed by atoms with Gasteiger partial charge in [0.05, 0.1) is 0 Å². The van der Waals surface area contributed by atoms with Crippen molar-refractivity contribution >= 4 is 34.9 Å². The molecule has 2 radical (unpaired) electrons. The van der Waals surface area contributed by atoms with Crippen LogP contribution in [0.3, 0.4) is 0 Å². The van der Waals surface area contributed by atoms with Gasteiger partial charge in [-0.3, -0.25) is 0 Å². The Bertz CT molecular complexity index is 76.4. The van der Waals surface area contributed by atoms with Crippen molar-refractivity contribution in [3.63, 3.8) is 0 Å². The van der Waals surface area contributed by atoms with Gasteiger partial charge in [0.15, 0.2) is 0 Å². The number of halogens is 1. The summed E-state index contributed by atoms with van der Waals surface area (Å²) in [5.74, 6) is -0.147. The van der Waals surface area contributed by atoms with Crippen molar-refractivity contribution in [1.82, 2.24) is 0 Å². The molecule has 0 saturated carbocycles. The predicted octanol–water partition coefficient (Wildman–Crippen LogP) is 0.826. The van der Waals surface area contributed by atoms with E-state index in [9.17, 15) is 4.79 Å². The number of carbonyl (C=O) groups is 1. The fraction of sp³-hybridized carbons (Fsp3) is 0.750. The number of hydrogen-bond donors (Lipinski definition) is 0. The Hall–Kier alpha value is 0.559. The van der Waals surface area contributed by atoms with E-state index in [1.807, 2.05) is 0 Å². The number of ether oxygens (including phenoxy) is 1. The van der Waals surface area contributed by atoms with Crippen LogP contribution in [0.5, 0.6) is 0 Å². The summed E-state index contributed by atoms with van der Waals surface area (Å²) in [5.41, 5.74) is 0. The zero-order chi connectivity index (χ0) is 6.41. The first kappa shape index (κ1) is 8.56. The maximum atomic E-state index is 10.3. The Morgan fingerprint density at radius 3 is 2.88 bits per heavy atom. The molecule has 0 heterocycles. The van der Waals surface area contributed by atoms with Crippen molar-refractivity contribution in [2.24, 2.45) is 0 Å². The second-order valence-electron chi connectivity index (χ2n) is 1.21. The third kappa shape index (κ3) is 4.71. The molecule has 0 N–H and O–H groups in total. The summed E-state index contributed by atoms with van der Waals surface area (Å²) in [6, 6.07) is 0. The molecule has 0 bridgehead atoms. The summed E-state index contributed by atoms with van der Waals surface area (Å²) in [6.07, 6.45) is 0.506. The van der Waals surface area contributed by atoms with Gasteiger partial charge in [0.1, 0.15) is 0 Å². The first-order valence-corrected chi connectivity index (χ1v) is 7.84. The van der Waals surface area contributed by atoms with Crippen molar-refractivity contribution in [3.8, 4) is 0 Å². The van der Waals surface area contributed by atoms with Gasteiger partial charge in [0.25, 0.3) is 0 Å². The average Bonchev–Trinajstić information content (AvgIpc) is 1.83. The van der Waals surface area contributed by atoms with E-state index in [0.717, 1.165) is 4.44 Å². The van der Waals surface area contributed by atoms with Gasteiger partial charge in [-0.2, -0.15) is 0 Å².